The summed E-state index contributed by atoms with van der Waals surface area (Å²) in [5, 5.41) is 11.4. The number of nitrogens with one attached hydrogen (secondary N) is 1. The van der Waals surface area contributed by atoms with E-state index in [0.29, 0.717) is 23.4 Å². The fourth-order valence-electron chi connectivity index (χ4n) is 1.56. The van der Waals surface area contributed by atoms with E-state index >= 15 is 0 Å². The maximum atomic E-state index is 11.9. The van der Waals surface area contributed by atoms with Crippen molar-refractivity contribution in [3.63, 3.8) is 0 Å². The van der Waals surface area contributed by atoms with Crippen molar-refractivity contribution in [2.45, 2.75) is 6.54 Å². The highest BCUT2D eigenvalue weighted by atomic mass is 16.3. The lowest BCUT2D eigenvalue weighted by molar-refractivity contribution is 0.0948. The van der Waals surface area contributed by atoms with Gasteiger partial charge in [-0.05, 0) is 30.3 Å². The summed E-state index contributed by atoms with van der Waals surface area (Å²) in [6.45, 7) is 0.146. The van der Waals surface area contributed by atoms with Crippen LogP contribution in [-0.4, -0.2) is 17.6 Å². The molecule has 0 aliphatic heterocycles. The van der Waals surface area contributed by atoms with Crippen molar-refractivity contribution in [3.05, 3.63) is 59.5 Å². The molecule has 1 amide bonds. The molecule has 0 aliphatic rings. The van der Waals surface area contributed by atoms with E-state index in [0.717, 1.165) is 0 Å². The van der Waals surface area contributed by atoms with Crippen LogP contribution < -0.4 is 5.32 Å². The summed E-state index contributed by atoms with van der Waals surface area (Å²) >= 11 is 0. The number of furan rings is 1. The fourth-order valence-corrected chi connectivity index (χ4v) is 1.56. The second-order valence-corrected chi connectivity index (χ2v) is 3.80. The van der Waals surface area contributed by atoms with Crippen LogP contribution in [0.3, 0.4) is 0 Å². The van der Waals surface area contributed by atoms with E-state index in [4.69, 9.17) is 9.52 Å². The van der Waals surface area contributed by atoms with E-state index in [9.17, 15) is 4.79 Å². The van der Waals surface area contributed by atoms with Gasteiger partial charge in [-0.1, -0.05) is 17.9 Å². The van der Waals surface area contributed by atoms with E-state index < -0.39 is 0 Å². The van der Waals surface area contributed by atoms with Gasteiger partial charge in [0, 0.05) is 11.1 Å². The van der Waals surface area contributed by atoms with Crippen molar-refractivity contribution < 1.29 is 14.3 Å². The first kappa shape index (κ1) is 12.9. The number of amides is 1. The lowest BCUT2D eigenvalue weighted by atomic mass is 10.1. The summed E-state index contributed by atoms with van der Waals surface area (Å²) in [6, 6.07) is 10.5. The molecule has 2 aromatic rings. The first-order valence-corrected chi connectivity index (χ1v) is 5.80. The molecular formula is C15H13NO3. The van der Waals surface area contributed by atoms with E-state index in [-0.39, 0.29) is 12.5 Å². The summed E-state index contributed by atoms with van der Waals surface area (Å²) in [5.41, 5.74) is 1.22. The molecule has 0 saturated heterocycles. The Hall–Kier alpha value is -2.51. The topological polar surface area (TPSA) is 62.5 Å². The van der Waals surface area contributed by atoms with Gasteiger partial charge < -0.3 is 14.8 Å². The van der Waals surface area contributed by atoms with Gasteiger partial charge in [0.15, 0.2) is 0 Å². The number of hydrogen-bond donors (Lipinski definition) is 2. The largest absolute Gasteiger partial charge is 0.467 e. The minimum atomic E-state index is -0.199. The summed E-state index contributed by atoms with van der Waals surface area (Å²) in [6.07, 6.45) is 1.56. The third-order valence-corrected chi connectivity index (χ3v) is 2.44. The Morgan fingerprint density at radius 2 is 2.21 bits per heavy atom. The highest BCUT2D eigenvalue weighted by molar-refractivity contribution is 5.94. The van der Waals surface area contributed by atoms with Crippen LogP contribution in [0, 0.1) is 11.8 Å². The molecule has 0 unspecified atom stereocenters. The number of carbonyl (C=O) groups is 1. The van der Waals surface area contributed by atoms with Gasteiger partial charge in [-0.2, -0.15) is 0 Å². The zero-order valence-corrected chi connectivity index (χ0v) is 10.2. The molecule has 0 fully saturated rings. The Labute approximate surface area is 111 Å². The molecular weight excluding hydrogens is 242 g/mol. The first-order valence-electron chi connectivity index (χ1n) is 5.80. The lowest BCUT2D eigenvalue weighted by Gasteiger charge is -2.03. The van der Waals surface area contributed by atoms with Gasteiger partial charge >= 0.3 is 0 Å². The predicted octanol–water partition coefficient (Wildman–Crippen LogP) is 1.55. The Morgan fingerprint density at radius 1 is 1.32 bits per heavy atom. The second-order valence-electron chi connectivity index (χ2n) is 3.80. The summed E-state index contributed by atoms with van der Waals surface area (Å²) in [4.78, 5) is 11.9. The molecule has 0 spiro atoms. The molecule has 4 heteroatoms. The molecule has 2 N–H and O–H groups in total. The second kappa shape index (κ2) is 6.43. The van der Waals surface area contributed by atoms with Crippen molar-refractivity contribution in [1.82, 2.24) is 5.32 Å². The third-order valence-electron chi connectivity index (χ3n) is 2.44. The lowest BCUT2D eigenvalue weighted by Crippen LogP contribution is -2.22. The smallest absolute Gasteiger partial charge is 0.251 e. The van der Waals surface area contributed by atoms with Crippen LogP contribution in [-0.2, 0) is 6.54 Å². The summed E-state index contributed by atoms with van der Waals surface area (Å²) in [7, 11) is 0. The molecule has 4 nitrogen and oxygen atoms in total. The molecule has 1 aromatic heterocycles. The SMILES string of the molecule is O=C(NCc1ccco1)c1cccc(C#CCO)c1. The summed E-state index contributed by atoms with van der Waals surface area (Å²) < 4.78 is 5.13. The van der Waals surface area contributed by atoms with Crippen LogP contribution in [0.15, 0.2) is 47.1 Å². The van der Waals surface area contributed by atoms with Crippen molar-refractivity contribution >= 4 is 5.91 Å². The highest BCUT2D eigenvalue weighted by Crippen LogP contribution is 2.05. The molecule has 1 aromatic carbocycles. The molecule has 0 radical (unpaired) electrons. The zero-order chi connectivity index (χ0) is 13.5. The first-order chi connectivity index (χ1) is 9.29. The van der Waals surface area contributed by atoms with Crippen LogP contribution in [0.4, 0.5) is 0 Å². The fraction of sp³-hybridized carbons (Fsp3) is 0.133. The quantitative estimate of drug-likeness (QED) is 0.818. The molecule has 0 saturated carbocycles. The molecule has 0 bridgehead atoms. The van der Waals surface area contributed by atoms with Crippen molar-refractivity contribution in [2.24, 2.45) is 0 Å². The zero-order valence-electron chi connectivity index (χ0n) is 10.2. The van der Waals surface area contributed by atoms with Gasteiger partial charge in [-0.3, -0.25) is 4.79 Å². The third kappa shape index (κ3) is 3.73. The molecule has 19 heavy (non-hydrogen) atoms. The van der Waals surface area contributed by atoms with Gasteiger partial charge in [0.2, 0.25) is 0 Å². The van der Waals surface area contributed by atoms with Gasteiger partial charge in [0.1, 0.15) is 12.4 Å². The average Bonchev–Trinajstić information content (AvgIpc) is 2.96. The van der Waals surface area contributed by atoms with Crippen LogP contribution in [0.25, 0.3) is 0 Å². The van der Waals surface area contributed by atoms with Gasteiger partial charge in [-0.25, -0.2) is 0 Å². The number of benzene rings is 1. The average molecular weight is 255 g/mol. The number of rotatable bonds is 3. The van der Waals surface area contributed by atoms with E-state index in [2.05, 4.69) is 17.2 Å². The maximum Gasteiger partial charge on any atom is 0.251 e. The van der Waals surface area contributed by atoms with Gasteiger partial charge in [-0.15, -0.1) is 0 Å². The Morgan fingerprint density at radius 3 is 2.95 bits per heavy atom. The van der Waals surface area contributed by atoms with E-state index in [1.807, 2.05) is 0 Å². The van der Waals surface area contributed by atoms with Crippen molar-refractivity contribution in [3.8, 4) is 11.8 Å². The number of aliphatic hydroxyl groups is 1. The highest BCUT2D eigenvalue weighted by Gasteiger charge is 2.06. The van der Waals surface area contributed by atoms with Crippen LogP contribution in [0.2, 0.25) is 0 Å². The standard InChI is InChI=1S/C15H13NO3/c17-8-2-5-12-4-1-6-13(10-12)15(18)16-11-14-7-3-9-19-14/h1,3-4,6-7,9-10,17H,8,11H2,(H,16,18). The molecule has 2 rings (SSSR count). The monoisotopic (exact) mass is 255 g/mol. The molecule has 0 atom stereocenters. The number of aliphatic hydroxyl groups excluding tert-OH is 1. The van der Waals surface area contributed by atoms with E-state index in [1.54, 1.807) is 42.7 Å². The molecule has 1 heterocycles. The van der Waals surface area contributed by atoms with Crippen LogP contribution >= 0.6 is 0 Å². The minimum Gasteiger partial charge on any atom is -0.467 e. The Bertz CT molecular complexity index is 606. The summed E-state index contributed by atoms with van der Waals surface area (Å²) in [5.74, 6) is 5.81. The Balaban J connectivity index is 2.02. The normalized spacial score (nSPS) is 9.53. The van der Waals surface area contributed by atoms with Gasteiger partial charge in [0.25, 0.3) is 5.91 Å². The van der Waals surface area contributed by atoms with Crippen LogP contribution in [0.5, 0.6) is 0 Å². The molecule has 96 valence electrons. The van der Waals surface area contributed by atoms with Crippen molar-refractivity contribution in [1.29, 1.82) is 0 Å². The Kier molecular flexibility index (Phi) is 4.38. The number of carbonyl (C=O) groups excluding carboxylic acids is 1. The van der Waals surface area contributed by atoms with Crippen molar-refractivity contribution in [2.75, 3.05) is 6.61 Å². The predicted molar refractivity (Wildman–Crippen MR) is 70.3 cm³/mol. The van der Waals surface area contributed by atoms with Crippen LogP contribution in [0.1, 0.15) is 21.7 Å². The number of hydrogen-bond acceptors (Lipinski definition) is 3. The maximum absolute atomic E-state index is 11.9. The van der Waals surface area contributed by atoms with E-state index in [1.165, 1.54) is 0 Å². The molecule has 0 aliphatic carbocycles. The van der Waals surface area contributed by atoms with Gasteiger partial charge in [0.05, 0.1) is 12.8 Å². The minimum absolute atomic E-state index is 0.191.